The maximum absolute atomic E-state index is 4.22. The maximum atomic E-state index is 4.22. The Balaban J connectivity index is 2.09. The van der Waals surface area contributed by atoms with Crippen molar-refractivity contribution in [1.82, 2.24) is 20.2 Å². The molecule has 0 saturated heterocycles. The van der Waals surface area contributed by atoms with Gasteiger partial charge in [0.15, 0.2) is 3.92 Å². The molecule has 80 valence electrons. The van der Waals surface area contributed by atoms with Crippen molar-refractivity contribution in [3.8, 4) is 0 Å². The molecule has 0 fully saturated rings. The van der Waals surface area contributed by atoms with E-state index >= 15 is 0 Å². The zero-order valence-electron chi connectivity index (χ0n) is 8.07. The van der Waals surface area contributed by atoms with Crippen LogP contribution in [0.25, 0.3) is 0 Å². The molecule has 0 amide bonds. The van der Waals surface area contributed by atoms with Crippen molar-refractivity contribution < 1.29 is 0 Å². The summed E-state index contributed by atoms with van der Waals surface area (Å²) >= 11 is 4.74. The zero-order valence-corrected chi connectivity index (χ0v) is 10.5. The Morgan fingerprint density at radius 3 is 3.00 bits per heavy atom. The van der Waals surface area contributed by atoms with Crippen LogP contribution < -0.4 is 5.32 Å². The van der Waals surface area contributed by atoms with Crippen LogP contribution in [0.15, 0.2) is 16.3 Å². The molecule has 2 heterocycles. The summed E-state index contributed by atoms with van der Waals surface area (Å²) in [5, 5.41) is 11.9. The quantitative estimate of drug-likeness (QED) is 0.907. The number of nitrogens with one attached hydrogen (secondary N) is 2. The van der Waals surface area contributed by atoms with E-state index < -0.39 is 0 Å². The van der Waals surface area contributed by atoms with Gasteiger partial charge in [0.25, 0.3) is 0 Å². The lowest BCUT2D eigenvalue weighted by Gasteiger charge is -2.12. The Kier molecular flexibility index (Phi) is 3.32. The lowest BCUT2D eigenvalue weighted by Crippen LogP contribution is -2.11. The predicted octanol–water partition coefficient (Wildman–Crippen LogP) is 2.59. The van der Waals surface area contributed by atoms with Crippen molar-refractivity contribution in [2.75, 3.05) is 5.32 Å². The average Bonchev–Trinajstić information content (AvgIpc) is 2.85. The Labute approximate surface area is 99.5 Å². The summed E-state index contributed by atoms with van der Waals surface area (Å²) in [4.78, 5) is 7.30. The van der Waals surface area contributed by atoms with E-state index in [9.17, 15) is 0 Å². The molecule has 0 aliphatic heterocycles. The number of rotatable bonds is 4. The Hall–Kier alpha value is -0.950. The van der Waals surface area contributed by atoms with Gasteiger partial charge in [0.2, 0.25) is 5.13 Å². The van der Waals surface area contributed by atoms with Gasteiger partial charge in [-0.2, -0.15) is 0 Å². The lowest BCUT2D eigenvalue weighted by atomic mass is 10.2. The van der Waals surface area contributed by atoms with Gasteiger partial charge in [-0.1, -0.05) is 18.3 Å². The smallest absolute Gasteiger partial charge is 0.207 e. The molecule has 0 radical (unpaired) electrons. The molecule has 2 aromatic rings. The van der Waals surface area contributed by atoms with Gasteiger partial charge >= 0.3 is 0 Å². The summed E-state index contributed by atoms with van der Waals surface area (Å²) in [6, 6.07) is 0.153. The largest absolute Gasteiger partial charge is 0.350 e. The highest BCUT2D eigenvalue weighted by molar-refractivity contribution is 9.11. The van der Waals surface area contributed by atoms with Gasteiger partial charge in [-0.05, 0) is 22.4 Å². The van der Waals surface area contributed by atoms with Gasteiger partial charge in [-0.15, -0.1) is 10.2 Å². The van der Waals surface area contributed by atoms with Crippen molar-refractivity contribution >= 4 is 32.4 Å². The molecule has 2 aromatic heterocycles. The highest BCUT2D eigenvalue weighted by Crippen LogP contribution is 2.25. The van der Waals surface area contributed by atoms with E-state index in [1.807, 2.05) is 6.20 Å². The monoisotopic (exact) mass is 287 g/mol. The fraction of sp³-hybridized carbons (Fsp3) is 0.375. The van der Waals surface area contributed by atoms with Crippen molar-refractivity contribution in [3.63, 3.8) is 0 Å². The number of aromatic nitrogens is 4. The topological polar surface area (TPSA) is 66.5 Å². The van der Waals surface area contributed by atoms with Crippen LogP contribution in [-0.2, 0) is 0 Å². The van der Waals surface area contributed by atoms with Crippen LogP contribution in [0.3, 0.4) is 0 Å². The van der Waals surface area contributed by atoms with Gasteiger partial charge in [-0.3, -0.25) is 0 Å². The molecule has 0 saturated carbocycles. The highest BCUT2D eigenvalue weighted by Gasteiger charge is 2.13. The molecular formula is C8H10BrN5S. The average molecular weight is 288 g/mol. The number of imidazole rings is 1. The molecule has 5 nitrogen and oxygen atoms in total. The first kappa shape index (κ1) is 10.6. The Morgan fingerprint density at radius 1 is 1.60 bits per heavy atom. The van der Waals surface area contributed by atoms with Gasteiger partial charge < -0.3 is 10.3 Å². The lowest BCUT2D eigenvalue weighted by molar-refractivity contribution is 0.701. The van der Waals surface area contributed by atoms with Crippen LogP contribution in [0.5, 0.6) is 0 Å². The predicted molar refractivity (Wildman–Crippen MR) is 62.9 cm³/mol. The van der Waals surface area contributed by atoms with E-state index in [4.69, 9.17) is 0 Å². The van der Waals surface area contributed by atoms with Crippen molar-refractivity contribution in [3.05, 3.63) is 22.1 Å². The van der Waals surface area contributed by atoms with Crippen LogP contribution in [-0.4, -0.2) is 20.2 Å². The van der Waals surface area contributed by atoms with Gasteiger partial charge in [-0.25, -0.2) is 4.98 Å². The normalized spacial score (nSPS) is 12.7. The van der Waals surface area contributed by atoms with E-state index in [0.29, 0.717) is 0 Å². The third-order valence-electron chi connectivity index (χ3n) is 1.96. The maximum Gasteiger partial charge on any atom is 0.207 e. The molecule has 0 bridgehead atoms. The third kappa shape index (κ3) is 2.54. The molecule has 0 spiro atoms. The van der Waals surface area contributed by atoms with E-state index in [0.717, 1.165) is 21.3 Å². The van der Waals surface area contributed by atoms with Crippen LogP contribution >= 0.6 is 27.3 Å². The number of nitrogens with zero attached hydrogens (tertiary/aromatic N) is 3. The summed E-state index contributed by atoms with van der Waals surface area (Å²) in [6.07, 6.45) is 4.50. The minimum atomic E-state index is 0.153. The third-order valence-corrected chi connectivity index (χ3v) is 3.24. The van der Waals surface area contributed by atoms with Crippen molar-refractivity contribution in [1.29, 1.82) is 0 Å². The molecule has 0 aliphatic rings. The van der Waals surface area contributed by atoms with Crippen LogP contribution in [0.2, 0.25) is 0 Å². The minimum absolute atomic E-state index is 0.153. The summed E-state index contributed by atoms with van der Waals surface area (Å²) in [5.41, 5.74) is 0. The van der Waals surface area contributed by atoms with E-state index in [-0.39, 0.29) is 6.04 Å². The standard InChI is InChI=1S/C8H10BrN5S/c1-2-5(6-10-3-4-11-6)12-8-14-13-7(9)15-8/h3-5H,2H2,1H3,(H,10,11)(H,12,14). The number of halogens is 1. The van der Waals surface area contributed by atoms with E-state index in [1.165, 1.54) is 11.3 Å². The summed E-state index contributed by atoms with van der Waals surface area (Å²) in [7, 11) is 0. The van der Waals surface area contributed by atoms with Crippen LogP contribution in [0.4, 0.5) is 5.13 Å². The second kappa shape index (κ2) is 4.71. The molecule has 2 rings (SSSR count). The number of aromatic amines is 1. The second-order valence-corrected chi connectivity index (χ2v) is 5.19. The van der Waals surface area contributed by atoms with Gasteiger partial charge in [0.05, 0.1) is 6.04 Å². The fourth-order valence-corrected chi connectivity index (χ4v) is 2.31. The number of H-pyrrole nitrogens is 1. The van der Waals surface area contributed by atoms with E-state index in [1.54, 1.807) is 6.20 Å². The van der Waals surface area contributed by atoms with Gasteiger partial charge in [0.1, 0.15) is 5.82 Å². The second-order valence-electron chi connectivity index (χ2n) is 2.94. The zero-order chi connectivity index (χ0) is 10.7. The number of hydrogen-bond acceptors (Lipinski definition) is 5. The molecule has 7 heteroatoms. The number of anilines is 1. The molecular weight excluding hydrogens is 278 g/mol. The first-order valence-corrected chi connectivity index (χ1v) is 6.15. The van der Waals surface area contributed by atoms with Gasteiger partial charge in [0, 0.05) is 12.4 Å². The Bertz CT molecular complexity index is 412. The summed E-state index contributed by atoms with van der Waals surface area (Å²) in [6.45, 7) is 2.09. The van der Waals surface area contributed by atoms with Crippen LogP contribution in [0.1, 0.15) is 25.2 Å². The summed E-state index contributed by atoms with van der Waals surface area (Å²) in [5.74, 6) is 0.920. The van der Waals surface area contributed by atoms with Crippen molar-refractivity contribution in [2.24, 2.45) is 0 Å². The molecule has 1 atom stereocenters. The highest BCUT2D eigenvalue weighted by atomic mass is 79.9. The SMILES string of the molecule is CCC(Nc1nnc(Br)s1)c1ncc[nH]1. The fourth-order valence-electron chi connectivity index (χ4n) is 1.24. The van der Waals surface area contributed by atoms with E-state index in [2.05, 4.69) is 48.3 Å². The first-order chi connectivity index (χ1) is 7.29. The molecule has 15 heavy (non-hydrogen) atoms. The number of hydrogen-bond donors (Lipinski definition) is 2. The van der Waals surface area contributed by atoms with Crippen molar-refractivity contribution in [2.45, 2.75) is 19.4 Å². The minimum Gasteiger partial charge on any atom is -0.350 e. The molecule has 0 aliphatic carbocycles. The summed E-state index contributed by atoms with van der Waals surface area (Å²) < 4.78 is 0.777. The molecule has 0 aromatic carbocycles. The van der Waals surface area contributed by atoms with Crippen LogP contribution in [0, 0.1) is 0 Å². The first-order valence-electron chi connectivity index (χ1n) is 4.54. The Morgan fingerprint density at radius 2 is 2.47 bits per heavy atom. The molecule has 1 unspecified atom stereocenters. The molecule has 2 N–H and O–H groups in total.